The predicted molar refractivity (Wildman–Crippen MR) is 100 cm³/mol. The lowest BCUT2D eigenvalue weighted by Gasteiger charge is -2.17. The summed E-state index contributed by atoms with van der Waals surface area (Å²) in [5.41, 5.74) is 2.81. The zero-order valence-corrected chi connectivity index (χ0v) is 15.1. The molecule has 1 aliphatic rings. The van der Waals surface area contributed by atoms with E-state index in [1.165, 1.54) is 6.07 Å². The van der Waals surface area contributed by atoms with E-state index in [1.807, 2.05) is 26.0 Å². The first-order chi connectivity index (χ1) is 12.4. The van der Waals surface area contributed by atoms with Crippen molar-refractivity contribution in [3.8, 4) is 0 Å². The van der Waals surface area contributed by atoms with Gasteiger partial charge in [0, 0.05) is 19.1 Å². The van der Waals surface area contributed by atoms with E-state index in [9.17, 15) is 9.18 Å². The maximum atomic E-state index is 14.2. The van der Waals surface area contributed by atoms with Crippen LogP contribution in [-0.2, 0) is 11.2 Å². The molecule has 6 heteroatoms. The summed E-state index contributed by atoms with van der Waals surface area (Å²) in [5, 5.41) is 11.2. The van der Waals surface area contributed by atoms with Crippen LogP contribution in [0, 0.1) is 12.7 Å². The van der Waals surface area contributed by atoms with E-state index in [0.29, 0.717) is 12.1 Å². The summed E-state index contributed by atoms with van der Waals surface area (Å²) >= 11 is 0. The van der Waals surface area contributed by atoms with Gasteiger partial charge in [-0.25, -0.2) is 4.39 Å². The van der Waals surface area contributed by atoms with Crippen LogP contribution in [0.1, 0.15) is 30.2 Å². The Bertz CT molecular complexity index is 819. The van der Waals surface area contributed by atoms with Gasteiger partial charge < -0.3 is 10.2 Å². The topological polar surface area (TPSA) is 58.1 Å². The predicted octanol–water partition coefficient (Wildman–Crippen LogP) is 2.89. The van der Waals surface area contributed by atoms with E-state index in [2.05, 4.69) is 27.0 Å². The fraction of sp³-hybridized carbons (Fsp3) is 0.350. The Morgan fingerprint density at radius 3 is 2.81 bits per heavy atom. The molecule has 0 unspecified atom stereocenters. The van der Waals surface area contributed by atoms with Crippen molar-refractivity contribution in [2.75, 3.05) is 18.0 Å². The Kier molecular flexibility index (Phi) is 5.30. The number of halogens is 1. The molecule has 1 fully saturated rings. The molecule has 0 aliphatic carbocycles. The summed E-state index contributed by atoms with van der Waals surface area (Å²) in [7, 11) is 0. The van der Waals surface area contributed by atoms with E-state index in [-0.39, 0.29) is 24.2 Å². The summed E-state index contributed by atoms with van der Waals surface area (Å²) < 4.78 is 14.2. The molecule has 3 rings (SSSR count). The van der Waals surface area contributed by atoms with Crippen molar-refractivity contribution in [3.63, 3.8) is 0 Å². The SMILES string of the molecule is C=C(C)c1ccc(CC(=O)N[C@H]2CCN(c3ccc(C)nn3)C2)c(F)c1. The number of allylic oxidation sites excluding steroid dienone is 1. The van der Waals surface area contributed by atoms with Gasteiger partial charge in [0.2, 0.25) is 5.91 Å². The number of hydrogen-bond acceptors (Lipinski definition) is 4. The first kappa shape index (κ1) is 18.0. The van der Waals surface area contributed by atoms with E-state index < -0.39 is 0 Å². The molecule has 5 nitrogen and oxygen atoms in total. The number of benzene rings is 1. The van der Waals surface area contributed by atoms with Crippen LogP contribution in [0.2, 0.25) is 0 Å². The van der Waals surface area contributed by atoms with Gasteiger partial charge in [-0.15, -0.1) is 5.10 Å². The van der Waals surface area contributed by atoms with Crippen LogP contribution in [0.4, 0.5) is 10.2 Å². The highest BCUT2D eigenvalue weighted by molar-refractivity contribution is 5.79. The summed E-state index contributed by atoms with van der Waals surface area (Å²) in [4.78, 5) is 14.4. The van der Waals surface area contributed by atoms with Gasteiger partial charge in [-0.3, -0.25) is 4.79 Å². The Morgan fingerprint density at radius 2 is 2.15 bits per heavy atom. The third-order valence-electron chi connectivity index (χ3n) is 4.56. The number of carbonyl (C=O) groups is 1. The monoisotopic (exact) mass is 354 g/mol. The van der Waals surface area contributed by atoms with Gasteiger partial charge in [0.05, 0.1) is 12.1 Å². The van der Waals surface area contributed by atoms with Crippen molar-refractivity contribution in [1.29, 1.82) is 0 Å². The second-order valence-corrected chi connectivity index (χ2v) is 6.80. The van der Waals surface area contributed by atoms with Gasteiger partial charge in [-0.2, -0.15) is 5.10 Å². The van der Waals surface area contributed by atoms with Gasteiger partial charge in [0.25, 0.3) is 0 Å². The third-order valence-corrected chi connectivity index (χ3v) is 4.56. The van der Waals surface area contributed by atoms with E-state index in [1.54, 1.807) is 12.1 Å². The Hall–Kier alpha value is -2.76. The molecule has 1 aromatic carbocycles. The Labute approximate surface area is 152 Å². The smallest absolute Gasteiger partial charge is 0.224 e. The molecule has 1 aliphatic heterocycles. The molecule has 0 radical (unpaired) electrons. The number of aryl methyl sites for hydroxylation is 1. The van der Waals surface area contributed by atoms with Crippen molar-refractivity contribution < 1.29 is 9.18 Å². The summed E-state index contributed by atoms with van der Waals surface area (Å²) in [6.07, 6.45) is 0.863. The van der Waals surface area contributed by atoms with E-state index in [4.69, 9.17) is 0 Å². The minimum Gasteiger partial charge on any atom is -0.353 e. The first-order valence-electron chi connectivity index (χ1n) is 8.71. The molecule has 2 heterocycles. The fourth-order valence-corrected chi connectivity index (χ4v) is 3.05. The number of nitrogens with zero attached hydrogens (tertiary/aromatic N) is 3. The fourth-order valence-electron chi connectivity index (χ4n) is 3.05. The van der Waals surface area contributed by atoms with Crippen molar-refractivity contribution in [2.24, 2.45) is 0 Å². The second kappa shape index (κ2) is 7.64. The molecule has 1 aromatic heterocycles. The van der Waals surface area contributed by atoms with Crippen LogP contribution in [0.25, 0.3) is 5.57 Å². The van der Waals surface area contributed by atoms with Crippen molar-refractivity contribution >= 4 is 17.3 Å². The molecule has 26 heavy (non-hydrogen) atoms. The molecule has 0 spiro atoms. The molecule has 1 saturated heterocycles. The Morgan fingerprint density at radius 1 is 1.35 bits per heavy atom. The lowest BCUT2D eigenvalue weighted by atomic mass is 10.0. The standard InChI is InChI=1S/C20H23FN4O/c1-13(2)15-5-6-16(18(21)10-15)11-20(26)22-17-8-9-25(12-17)19-7-4-14(3)23-24-19/h4-7,10,17H,1,8-9,11-12H2,2-3H3,(H,22,26)/t17-/m0/s1. The summed E-state index contributed by atoms with van der Waals surface area (Å²) in [6, 6.07) is 8.77. The Balaban J connectivity index is 1.56. The molecular weight excluding hydrogens is 331 g/mol. The quantitative estimate of drug-likeness (QED) is 0.897. The number of aromatic nitrogens is 2. The highest BCUT2D eigenvalue weighted by Crippen LogP contribution is 2.19. The number of nitrogens with one attached hydrogen (secondary N) is 1. The minimum atomic E-state index is -0.372. The first-order valence-corrected chi connectivity index (χ1v) is 8.71. The summed E-state index contributed by atoms with van der Waals surface area (Å²) in [6.45, 7) is 9.01. The normalized spacial score (nSPS) is 16.6. The highest BCUT2D eigenvalue weighted by atomic mass is 19.1. The largest absolute Gasteiger partial charge is 0.353 e. The number of anilines is 1. The zero-order valence-electron chi connectivity index (χ0n) is 15.1. The van der Waals surface area contributed by atoms with E-state index >= 15 is 0 Å². The molecule has 1 atom stereocenters. The van der Waals surface area contributed by atoms with Crippen LogP contribution in [0.5, 0.6) is 0 Å². The summed E-state index contributed by atoms with van der Waals surface area (Å²) in [5.74, 6) is 0.270. The van der Waals surface area contributed by atoms with Crippen LogP contribution in [0.15, 0.2) is 36.9 Å². The molecule has 0 saturated carbocycles. The van der Waals surface area contributed by atoms with Gasteiger partial charge in [0.1, 0.15) is 5.82 Å². The minimum absolute atomic E-state index is 0.0309. The lowest BCUT2D eigenvalue weighted by Crippen LogP contribution is -2.38. The van der Waals surface area contributed by atoms with E-state index in [0.717, 1.165) is 35.6 Å². The molecule has 1 N–H and O–H groups in total. The van der Waals surface area contributed by atoms with Crippen LogP contribution in [-0.4, -0.2) is 35.2 Å². The van der Waals surface area contributed by atoms with Gasteiger partial charge >= 0.3 is 0 Å². The average molecular weight is 354 g/mol. The molecule has 136 valence electrons. The van der Waals surface area contributed by atoms with Crippen molar-refractivity contribution in [2.45, 2.75) is 32.7 Å². The molecule has 0 bridgehead atoms. The van der Waals surface area contributed by atoms with Gasteiger partial charge in [-0.05, 0) is 49.6 Å². The number of hydrogen-bond donors (Lipinski definition) is 1. The molecular formula is C20H23FN4O. The average Bonchev–Trinajstić information content (AvgIpc) is 3.05. The molecule has 2 aromatic rings. The van der Waals surface area contributed by atoms with Crippen molar-refractivity contribution in [3.05, 3.63) is 59.5 Å². The third kappa shape index (κ3) is 4.25. The maximum Gasteiger partial charge on any atom is 0.224 e. The number of amides is 1. The maximum absolute atomic E-state index is 14.2. The van der Waals surface area contributed by atoms with Crippen molar-refractivity contribution in [1.82, 2.24) is 15.5 Å². The number of carbonyl (C=O) groups excluding carboxylic acids is 1. The zero-order chi connectivity index (χ0) is 18.7. The highest BCUT2D eigenvalue weighted by Gasteiger charge is 2.25. The van der Waals surface area contributed by atoms with Crippen LogP contribution in [0.3, 0.4) is 0 Å². The van der Waals surface area contributed by atoms with Crippen LogP contribution >= 0.6 is 0 Å². The second-order valence-electron chi connectivity index (χ2n) is 6.80. The lowest BCUT2D eigenvalue weighted by molar-refractivity contribution is -0.121. The number of rotatable bonds is 5. The van der Waals surface area contributed by atoms with Gasteiger partial charge in [-0.1, -0.05) is 24.3 Å². The van der Waals surface area contributed by atoms with Crippen LogP contribution < -0.4 is 10.2 Å². The van der Waals surface area contributed by atoms with Gasteiger partial charge in [0.15, 0.2) is 5.82 Å². The molecule has 1 amide bonds.